The Balaban J connectivity index is 1.48. The lowest BCUT2D eigenvalue weighted by Crippen LogP contribution is -2.65. The van der Waals surface area contributed by atoms with Gasteiger partial charge >= 0.3 is 0 Å². The van der Waals surface area contributed by atoms with E-state index in [1.54, 1.807) is 0 Å². The summed E-state index contributed by atoms with van der Waals surface area (Å²) in [5.41, 5.74) is -0.402. The molecule has 2 aliphatic heterocycles. The van der Waals surface area contributed by atoms with E-state index in [2.05, 4.69) is 0 Å². The minimum Gasteiger partial charge on any atom is -0.507 e. The molecule has 0 amide bonds. The van der Waals surface area contributed by atoms with Crippen LogP contribution in [0.2, 0.25) is 0 Å². The van der Waals surface area contributed by atoms with Crippen molar-refractivity contribution in [2.45, 2.75) is 61.4 Å². The van der Waals surface area contributed by atoms with Crippen molar-refractivity contribution in [3.63, 3.8) is 0 Å². The number of hydrogen-bond acceptors (Lipinski definition) is 16. The molecule has 0 saturated carbocycles. The summed E-state index contributed by atoms with van der Waals surface area (Å²) in [6, 6.07) is 7.63. The smallest absolute Gasteiger partial charge is 0.229 e. The second kappa shape index (κ2) is 12.8. The van der Waals surface area contributed by atoms with E-state index in [1.807, 2.05) is 0 Å². The number of fused-ring (bicyclic) bond motifs is 1. The quantitative estimate of drug-likeness (QED) is 0.130. The normalized spacial score (nSPS) is 32.5. The van der Waals surface area contributed by atoms with Crippen LogP contribution in [0.1, 0.15) is 0 Å². The molecular weight excluding hydrogens is 592 g/mol. The van der Waals surface area contributed by atoms with Crippen molar-refractivity contribution < 1.29 is 74.1 Å². The Hall–Kier alpha value is -3.55. The predicted octanol–water partition coefficient (Wildman–Crippen LogP) is -2.12. The fraction of sp³-hybridized carbons (Fsp3) is 0.464. The van der Waals surface area contributed by atoms with E-state index >= 15 is 0 Å². The van der Waals surface area contributed by atoms with Crippen LogP contribution in [0, 0.1) is 0 Å². The van der Waals surface area contributed by atoms with Gasteiger partial charge in [-0.05, 0) is 18.2 Å². The number of ether oxygens (including phenoxy) is 5. The Labute approximate surface area is 248 Å². The maximum Gasteiger partial charge on any atom is 0.229 e. The molecule has 10 atom stereocenters. The number of methoxy groups -OCH3 is 1. The molecule has 2 fully saturated rings. The highest BCUT2D eigenvalue weighted by molar-refractivity contribution is 5.86. The fourth-order valence-electron chi connectivity index (χ4n) is 5.05. The van der Waals surface area contributed by atoms with Crippen molar-refractivity contribution in [1.82, 2.24) is 0 Å². The van der Waals surface area contributed by atoms with Crippen LogP contribution in [0.5, 0.6) is 23.0 Å². The first-order valence-electron chi connectivity index (χ1n) is 13.4. The van der Waals surface area contributed by atoms with Gasteiger partial charge < -0.3 is 74.1 Å². The van der Waals surface area contributed by atoms with Crippen LogP contribution in [0.15, 0.2) is 45.6 Å². The molecule has 2 saturated heterocycles. The molecule has 1 aromatic heterocycles. The summed E-state index contributed by atoms with van der Waals surface area (Å²) in [6.45, 7) is -1.52. The second-order valence-electron chi connectivity index (χ2n) is 10.3. The van der Waals surface area contributed by atoms with Gasteiger partial charge in [0.25, 0.3) is 0 Å². The van der Waals surface area contributed by atoms with Crippen LogP contribution >= 0.6 is 0 Å². The van der Waals surface area contributed by atoms with Crippen LogP contribution in [0.4, 0.5) is 0 Å². The van der Waals surface area contributed by atoms with Crippen LogP contribution in [0.25, 0.3) is 22.3 Å². The van der Waals surface area contributed by atoms with Gasteiger partial charge in [-0.25, -0.2) is 0 Å². The minimum atomic E-state index is -1.87. The number of rotatable bonds is 8. The number of phenols is 2. The molecule has 0 spiro atoms. The van der Waals surface area contributed by atoms with Gasteiger partial charge in [-0.3, -0.25) is 4.79 Å². The molecule has 16 nitrogen and oxygen atoms in total. The van der Waals surface area contributed by atoms with Crippen molar-refractivity contribution in [2.24, 2.45) is 0 Å². The standard InChI is InChI=1S/C28H32O16/c1-39-16-4-10(2-3-12(16)31)15-7-14(33)20-13(32)5-11(6-17(20)41-15)40-28-26(24(37)22(35)19(9-30)43-28)44-27-25(38)23(36)21(34)18(8-29)42-27/h2-7,18-19,21-32,34-38H,8-9H2,1H3/t18-,19-,21-,22-,23+,24+,25+,26+,27+,28-/m1/s1. The highest BCUT2D eigenvalue weighted by atomic mass is 16.8. The first-order valence-corrected chi connectivity index (χ1v) is 13.4. The van der Waals surface area contributed by atoms with E-state index in [4.69, 9.17) is 28.1 Å². The lowest BCUT2D eigenvalue weighted by molar-refractivity contribution is -0.357. The topological polar surface area (TPSA) is 258 Å². The molecule has 2 aromatic carbocycles. The number of aliphatic hydroxyl groups excluding tert-OH is 7. The zero-order valence-electron chi connectivity index (χ0n) is 23.0. The van der Waals surface area contributed by atoms with Gasteiger partial charge in [0, 0.05) is 23.8 Å². The molecule has 0 radical (unpaired) electrons. The number of aromatic hydroxyl groups is 2. The molecule has 5 rings (SSSR count). The highest BCUT2D eigenvalue weighted by Crippen LogP contribution is 2.36. The van der Waals surface area contributed by atoms with Gasteiger partial charge in [0.1, 0.15) is 71.0 Å². The third kappa shape index (κ3) is 5.92. The fourth-order valence-corrected chi connectivity index (χ4v) is 5.05. The van der Waals surface area contributed by atoms with Crippen molar-refractivity contribution >= 4 is 11.0 Å². The summed E-state index contributed by atoms with van der Waals surface area (Å²) in [4.78, 5) is 12.9. The second-order valence-corrected chi connectivity index (χ2v) is 10.3. The summed E-state index contributed by atoms with van der Waals surface area (Å²) in [7, 11) is 1.34. The molecule has 0 unspecified atom stereocenters. The Bertz CT molecular complexity index is 1520. The van der Waals surface area contributed by atoms with E-state index in [9.17, 15) is 50.8 Å². The van der Waals surface area contributed by atoms with Gasteiger partial charge in [0.15, 0.2) is 29.3 Å². The minimum absolute atomic E-state index is 0.0500. The number of hydrogen-bond donors (Lipinski definition) is 9. The Morgan fingerprint density at radius 2 is 1.43 bits per heavy atom. The average molecular weight is 625 g/mol. The van der Waals surface area contributed by atoms with Gasteiger partial charge in [-0.15, -0.1) is 0 Å². The van der Waals surface area contributed by atoms with E-state index in [0.717, 1.165) is 12.1 Å². The molecule has 3 aromatic rings. The monoisotopic (exact) mass is 624 g/mol. The Morgan fingerprint density at radius 1 is 0.773 bits per heavy atom. The van der Waals surface area contributed by atoms with E-state index in [1.165, 1.54) is 31.4 Å². The SMILES string of the molecule is COc1cc(-c2cc(=O)c3c(O)cc(O[C@@H]4O[C@H](CO)[C@@H](O)[C@H](O)[C@@H]4O[C@@H]4O[C@H](CO)[C@@H](O)[C@H](O)[C@@H]4O)cc3o2)ccc1O. The summed E-state index contributed by atoms with van der Waals surface area (Å²) < 4.78 is 33.4. The van der Waals surface area contributed by atoms with Crippen LogP contribution in [-0.2, 0) is 14.2 Å². The number of aliphatic hydroxyl groups is 7. The third-order valence-electron chi connectivity index (χ3n) is 7.46. The van der Waals surface area contributed by atoms with Crippen molar-refractivity contribution in [3.05, 3.63) is 46.6 Å². The van der Waals surface area contributed by atoms with E-state index in [-0.39, 0.29) is 34.0 Å². The van der Waals surface area contributed by atoms with Crippen LogP contribution < -0.4 is 14.9 Å². The summed E-state index contributed by atoms with van der Waals surface area (Å²) in [5.74, 6) is -0.721. The lowest BCUT2D eigenvalue weighted by Gasteiger charge is -2.45. The van der Waals surface area contributed by atoms with Crippen molar-refractivity contribution in [1.29, 1.82) is 0 Å². The molecule has 9 N–H and O–H groups in total. The Kier molecular flexibility index (Phi) is 9.28. The first kappa shape index (κ1) is 31.9. The highest BCUT2D eigenvalue weighted by Gasteiger charge is 2.51. The van der Waals surface area contributed by atoms with Crippen LogP contribution in [0.3, 0.4) is 0 Å². The van der Waals surface area contributed by atoms with E-state index in [0.29, 0.717) is 5.56 Å². The molecule has 2 aliphatic rings. The molecule has 3 heterocycles. The average Bonchev–Trinajstić information content (AvgIpc) is 3.00. The maximum absolute atomic E-state index is 12.9. The Morgan fingerprint density at radius 3 is 2.09 bits per heavy atom. The van der Waals surface area contributed by atoms with Crippen molar-refractivity contribution in [2.75, 3.05) is 20.3 Å². The van der Waals surface area contributed by atoms with Gasteiger partial charge in [-0.2, -0.15) is 0 Å². The van der Waals surface area contributed by atoms with Gasteiger partial charge in [0.2, 0.25) is 6.29 Å². The van der Waals surface area contributed by atoms with E-state index < -0.39 is 85.8 Å². The molecule has 240 valence electrons. The zero-order valence-corrected chi connectivity index (χ0v) is 23.0. The third-order valence-corrected chi connectivity index (χ3v) is 7.46. The molecular formula is C28H32O16. The summed E-state index contributed by atoms with van der Waals surface area (Å²) in [6.07, 6.45) is -16.8. The van der Waals surface area contributed by atoms with Crippen molar-refractivity contribution in [3.8, 4) is 34.3 Å². The maximum atomic E-state index is 12.9. The van der Waals surface area contributed by atoms with Gasteiger partial charge in [-0.1, -0.05) is 0 Å². The largest absolute Gasteiger partial charge is 0.507 e. The predicted molar refractivity (Wildman–Crippen MR) is 145 cm³/mol. The number of phenolic OH excluding ortho intramolecular Hbond substituents is 2. The summed E-state index contributed by atoms with van der Waals surface area (Å²) in [5, 5.41) is 91.5. The molecule has 0 aliphatic carbocycles. The first-order chi connectivity index (χ1) is 21.0. The summed E-state index contributed by atoms with van der Waals surface area (Å²) >= 11 is 0. The number of benzene rings is 2. The molecule has 0 bridgehead atoms. The lowest BCUT2D eigenvalue weighted by atomic mass is 9.97. The zero-order chi connectivity index (χ0) is 31.9. The van der Waals surface area contributed by atoms with Crippen LogP contribution in [-0.4, -0.2) is 128 Å². The van der Waals surface area contributed by atoms with Gasteiger partial charge in [0.05, 0.1) is 20.3 Å². The molecule has 44 heavy (non-hydrogen) atoms. The molecule has 16 heteroatoms.